The van der Waals surface area contributed by atoms with Crippen LogP contribution < -0.4 is 0 Å². The summed E-state index contributed by atoms with van der Waals surface area (Å²) in [4.78, 5) is 2.12. The largest absolute Gasteiger partial charge is 0.389 e. The zero-order valence-corrected chi connectivity index (χ0v) is 17.2. The van der Waals surface area contributed by atoms with Crippen LogP contribution in [0.25, 0.3) is 0 Å². The third-order valence-electron chi connectivity index (χ3n) is 4.50. The summed E-state index contributed by atoms with van der Waals surface area (Å²) in [6, 6.07) is 0. The molecule has 0 spiro atoms. The van der Waals surface area contributed by atoms with Crippen LogP contribution >= 0.6 is 0 Å². The SMILES string of the molecule is CCCCCCCCN1CC(O)COCCOCCOCCOCC(O)C1. The molecule has 1 aliphatic rings. The lowest BCUT2D eigenvalue weighted by molar-refractivity contribution is -0.0195. The minimum Gasteiger partial charge on any atom is -0.389 e. The van der Waals surface area contributed by atoms with Gasteiger partial charge in [-0.25, -0.2) is 0 Å². The van der Waals surface area contributed by atoms with Crippen LogP contribution in [-0.4, -0.2) is 99.8 Å². The molecular formula is C20H41NO6. The first-order valence-electron chi connectivity index (χ1n) is 10.6. The first kappa shape index (κ1) is 24.8. The molecule has 1 fully saturated rings. The van der Waals surface area contributed by atoms with Gasteiger partial charge in [0.1, 0.15) is 0 Å². The lowest BCUT2D eigenvalue weighted by Gasteiger charge is -2.27. The Bertz CT molecular complexity index is 299. The predicted octanol–water partition coefficient (Wildman–Crippen LogP) is 1.45. The van der Waals surface area contributed by atoms with Crippen molar-refractivity contribution in [3.05, 3.63) is 0 Å². The maximum Gasteiger partial charge on any atom is 0.0900 e. The third kappa shape index (κ3) is 15.3. The minimum absolute atomic E-state index is 0.277. The van der Waals surface area contributed by atoms with E-state index in [1.165, 1.54) is 32.1 Å². The van der Waals surface area contributed by atoms with Crippen LogP contribution in [0.15, 0.2) is 0 Å². The Kier molecular flexibility index (Phi) is 16.3. The van der Waals surface area contributed by atoms with Gasteiger partial charge in [-0.15, -0.1) is 0 Å². The first-order chi connectivity index (χ1) is 13.2. The lowest BCUT2D eigenvalue weighted by atomic mass is 10.1. The van der Waals surface area contributed by atoms with Crippen molar-refractivity contribution in [3.63, 3.8) is 0 Å². The van der Waals surface area contributed by atoms with Gasteiger partial charge in [-0.1, -0.05) is 39.0 Å². The molecule has 1 saturated heterocycles. The topological polar surface area (TPSA) is 80.6 Å². The Morgan fingerprint density at radius 1 is 0.667 bits per heavy atom. The molecule has 1 heterocycles. The van der Waals surface area contributed by atoms with Crippen LogP contribution in [0.4, 0.5) is 0 Å². The van der Waals surface area contributed by atoms with E-state index in [0.29, 0.717) is 52.7 Å². The number of aliphatic hydroxyl groups excluding tert-OH is 2. The van der Waals surface area contributed by atoms with E-state index in [4.69, 9.17) is 18.9 Å². The summed E-state index contributed by atoms with van der Waals surface area (Å²) in [5.41, 5.74) is 0. The van der Waals surface area contributed by atoms with Gasteiger partial charge in [-0.05, 0) is 13.0 Å². The fraction of sp³-hybridized carbons (Fsp3) is 1.00. The van der Waals surface area contributed by atoms with Crippen LogP contribution in [0, 0.1) is 0 Å². The molecule has 0 aliphatic carbocycles. The van der Waals surface area contributed by atoms with Gasteiger partial charge in [0.2, 0.25) is 0 Å². The van der Waals surface area contributed by atoms with Crippen molar-refractivity contribution in [2.24, 2.45) is 0 Å². The van der Waals surface area contributed by atoms with E-state index in [2.05, 4.69) is 11.8 Å². The average molecular weight is 392 g/mol. The zero-order chi connectivity index (χ0) is 19.6. The molecule has 1 rings (SSSR count). The van der Waals surface area contributed by atoms with E-state index in [1.54, 1.807) is 0 Å². The Morgan fingerprint density at radius 2 is 1.11 bits per heavy atom. The third-order valence-corrected chi connectivity index (χ3v) is 4.50. The average Bonchev–Trinajstić information content (AvgIpc) is 2.64. The monoisotopic (exact) mass is 391 g/mol. The van der Waals surface area contributed by atoms with Crippen molar-refractivity contribution in [2.45, 2.75) is 57.7 Å². The lowest BCUT2D eigenvalue weighted by Crippen LogP contribution is -2.41. The second-order valence-electron chi connectivity index (χ2n) is 7.21. The molecule has 162 valence electrons. The van der Waals surface area contributed by atoms with Gasteiger partial charge in [0, 0.05) is 13.1 Å². The highest BCUT2D eigenvalue weighted by Crippen LogP contribution is 2.07. The predicted molar refractivity (Wildman–Crippen MR) is 105 cm³/mol. The van der Waals surface area contributed by atoms with E-state index < -0.39 is 12.2 Å². The number of hydrogen-bond donors (Lipinski definition) is 2. The van der Waals surface area contributed by atoms with Gasteiger partial charge >= 0.3 is 0 Å². The molecule has 0 aromatic rings. The minimum atomic E-state index is -0.572. The van der Waals surface area contributed by atoms with E-state index in [0.717, 1.165) is 13.0 Å². The second kappa shape index (κ2) is 17.8. The van der Waals surface area contributed by atoms with Gasteiger partial charge in [-0.2, -0.15) is 0 Å². The number of ether oxygens (including phenoxy) is 4. The number of β-amino-alcohol motifs (C(OH)–C–C–N with tert-alkyl or cyclic N) is 2. The number of unbranched alkanes of at least 4 members (excludes halogenated alkanes) is 5. The van der Waals surface area contributed by atoms with E-state index in [1.807, 2.05) is 0 Å². The standard InChI is InChI=1S/C20H41NO6/c1-2-3-4-5-6-7-8-21-15-19(22)17-26-13-11-24-9-10-25-12-14-27-18-20(23)16-21/h19-20,22-23H,2-18H2,1H3. The Morgan fingerprint density at radius 3 is 1.63 bits per heavy atom. The van der Waals surface area contributed by atoms with Crippen molar-refractivity contribution < 1.29 is 29.2 Å². The molecule has 0 saturated carbocycles. The van der Waals surface area contributed by atoms with Crippen molar-refractivity contribution in [1.29, 1.82) is 0 Å². The molecule has 1 aliphatic heterocycles. The van der Waals surface area contributed by atoms with E-state index >= 15 is 0 Å². The molecule has 0 aromatic carbocycles. The Balaban J connectivity index is 2.38. The summed E-state index contributed by atoms with van der Waals surface area (Å²) < 4.78 is 21.8. The summed E-state index contributed by atoms with van der Waals surface area (Å²) in [6.45, 7) is 7.57. The maximum absolute atomic E-state index is 10.3. The van der Waals surface area contributed by atoms with Crippen LogP contribution in [-0.2, 0) is 18.9 Å². The first-order valence-corrected chi connectivity index (χ1v) is 10.6. The van der Waals surface area contributed by atoms with Gasteiger partial charge in [-0.3, -0.25) is 4.90 Å². The summed E-state index contributed by atoms with van der Waals surface area (Å²) >= 11 is 0. The molecular weight excluding hydrogens is 350 g/mol. The molecule has 7 heteroatoms. The fourth-order valence-electron chi connectivity index (χ4n) is 3.07. The summed E-state index contributed by atoms with van der Waals surface area (Å²) in [5, 5.41) is 20.5. The number of rotatable bonds is 7. The van der Waals surface area contributed by atoms with Crippen LogP contribution in [0.2, 0.25) is 0 Å². The quantitative estimate of drug-likeness (QED) is 0.636. The van der Waals surface area contributed by atoms with Crippen LogP contribution in [0.3, 0.4) is 0 Å². The summed E-state index contributed by atoms with van der Waals surface area (Å²) in [6.07, 6.45) is 6.20. The molecule has 2 N–H and O–H groups in total. The maximum atomic E-state index is 10.3. The van der Waals surface area contributed by atoms with Gasteiger partial charge in [0.05, 0.1) is 65.1 Å². The number of hydrogen-bond acceptors (Lipinski definition) is 7. The van der Waals surface area contributed by atoms with Gasteiger partial charge in [0.25, 0.3) is 0 Å². The highest BCUT2D eigenvalue weighted by atomic mass is 16.6. The molecule has 0 radical (unpaired) electrons. The highest BCUT2D eigenvalue weighted by Gasteiger charge is 2.16. The number of nitrogens with zero attached hydrogens (tertiary/aromatic N) is 1. The summed E-state index contributed by atoms with van der Waals surface area (Å²) in [7, 11) is 0. The molecule has 0 bridgehead atoms. The van der Waals surface area contributed by atoms with Crippen molar-refractivity contribution in [2.75, 3.05) is 72.5 Å². The Hall–Kier alpha value is -0.280. The summed E-state index contributed by atoms with van der Waals surface area (Å²) in [5.74, 6) is 0. The van der Waals surface area contributed by atoms with Crippen molar-refractivity contribution >= 4 is 0 Å². The second-order valence-corrected chi connectivity index (χ2v) is 7.21. The molecule has 7 nitrogen and oxygen atoms in total. The van der Waals surface area contributed by atoms with Crippen LogP contribution in [0.5, 0.6) is 0 Å². The van der Waals surface area contributed by atoms with Crippen molar-refractivity contribution in [3.8, 4) is 0 Å². The van der Waals surface area contributed by atoms with Crippen LogP contribution in [0.1, 0.15) is 45.4 Å². The van der Waals surface area contributed by atoms with Gasteiger partial charge in [0.15, 0.2) is 0 Å². The van der Waals surface area contributed by atoms with Gasteiger partial charge < -0.3 is 29.2 Å². The molecule has 0 aromatic heterocycles. The zero-order valence-electron chi connectivity index (χ0n) is 17.2. The molecule has 2 atom stereocenters. The fourth-order valence-corrected chi connectivity index (χ4v) is 3.07. The molecule has 0 amide bonds. The van der Waals surface area contributed by atoms with E-state index in [-0.39, 0.29) is 13.2 Å². The normalized spacial score (nSPS) is 25.9. The molecule has 27 heavy (non-hydrogen) atoms. The smallest absolute Gasteiger partial charge is 0.0900 e. The Labute approximate surface area is 164 Å². The molecule has 2 unspecified atom stereocenters. The highest BCUT2D eigenvalue weighted by molar-refractivity contribution is 4.69. The number of aliphatic hydroxyl groups is 2. The van der Waals surface area contributed by atoms with Crippen molar-refractivity contribution in [1.82, 2.24) is 4.90 Å². The van der Waals surface area contributed by atoms with E-state index in [9.17, 15) is 10.2 Å².